The molecule has 0 saturated carbocycles. The summed E-state index contributed by atoms with van der Waals surface area (Å²) in [5, 5.41) is 3.38. The standard InChI is InChI=1S/C11H17BrN2S.ClH/c1-7-6-9(15-11(7)12)10(13)8-2-4-14-5-3-8;/h6,8,10,14H,2-5,13H2,1H3;1H/t10-;/m1./s1. The van der Waals surface area contributed by atoms with Crippen molar-refractivity contribution < 1.29 is 0 Å². The van der Waals surface area contributed by atoms with Crippen molar-refractivity contribution in [2.45, 2.75) is 25.8 Å². The summed E-state index contributed by atoms with van der Waals surface area (Å²) in [4.78, 5) is 1.33. The Balaban J connectivity index is 0.00000128. The third-order valence-corrected chi connectivity index (χ3v) is 5.33. The van der Waals surface area contributed by atoms with Crippen molar-refractivity contribution in [2.24, 2.45) is 11.7 Å². The predicted octanol–water partition coefficient (Wildman–Crippen LogP) is 3.24. The Bertz CT molecular complexity index is 317. The van der Waals surface area contributed by atoms with Crippen LogP contribution in [0.4, 0.5) is 0 Å². The minimum atomic E-state index is 0. The molecule has 1 aliphatic rings. The molecule has 0 unspecified atom stereocenters. The van der Waals surface area contributed by atoms with Gasteiger partial charge in [-0.25, -0.2) is 0 Å². The molecule has 1 aromatic heterocycles. The fraction of sp³-hybridized carbons (Fsp3) is 0.636. The maximum Gasteiger partial charge on any atom is 0.0731 e. The second-order valence-electron chi connectivity index (χ2n) is 4.22. The van der Waals surface area contributed by atoms with Gasteiger partial charge in [0.25, 0.3) is 0 Å². The van der Waals surface area contributed by atoms with Crippen LogP contribution < -0.4 is 11.1 Å². The van der Waals surface area contributed by atoms with Crippen molar-refractivity contribution in [1.82, 2.24) is 5.32 Å². The molecule has 0 spiro atoms. The minimum Gasteiger partial charge on any atom is -0.323 e. The molecular formula is C11H18BrClN2S. The zero-order chi connectivity index (χ0) is 10.8. The first kappa shape index (κ1) is 14.5. The molecule has 1 aromatic rings. The van der Waals surface area contributed by atoms with E-state index in [1.165, 1.54) is 27.1 Å². The number of piperidine rings is 1. The van der Waals surface area contributed by atoms with E-state index in [0.29, 0.717) is 5.92 Å². The van der Waals surface area contributed by atoms with Crippen LogP contribution in [0.1, 0.15) is 29.3 Å². The van der Waals surface area contributed by atoms with E-state index >= 15 is 0 Å². The monoisotopic (exact) mass is 324 g/mol. The molecule has 16 heavy (non-hydrogen) atoms. The number of nitrogens with one attached hydrogen (secondary N) is 1. The third kappa shape index (κ3) is 3.20. The van der Waals surface area contributed by atoms with Gasteiger partial charge in [0.15, 0.2) is 0 Å². The Morgan fingerprint density at radius 2 is 2.12 bits per heavy atom. The largest absolute Gasteiger partial charge is 0.323 e. The van der Waals surface area contributed by atoms with E-state index in [2.05, 4.69) is 34.2 Å². The van der Waals surface area contributed by atoms with Crippen molar-refractivity contribution in [3.05, 3.63) is 20.3 Å². The lowest BCUT2D eigenvalue weighted by molar-refractivity contribution is 0.325. The van der Waals surface area contributed by atoms with Crippen LogP contribution in [-0.2, 0) is 0 Å². The van der Waals surface area contributed by atoms with E-state index in [1.807, 2.05) is 0 Å². The highest BCUT2D eigenvalue weighted by atomic mass is 79.9. The molecule has 1 fully saturated rings. The molecule has 2 heterocycles. The highest BCUT2D eigenvalue weighted by Gasteiger charge is 2.23. The fourth-order valence-electron chi connectivity index (χ4n) is 2.08. The van der Waals surface area contributed by atoms with E-state index in [9.17, 15) is 0 Å². The third-order valence-electron chi connectivity index (χ3n) is 3.10. The van der Waals surface area contributed by atoms with Crippen LogP contribution in [0, 0.1) is 12.8 Å². The zero-order valence-electron chi connectivity index (χ0n) is 9.33. The molecule has 0 aromatic carbocycles. The normalized spacial score (nSPS) is 19.2. The number of nitrogens with two attached hydrogens (primary N) is 1. The quantitative estimate of drug-likeness (QED) is 0.876. The van der Waals surface area contributed by atoms with E-state index in [1.54, 1.807) is 11.3 Å². The molecule has 1 aliphatic heterocycles. The second-order valence-corrected chi connectivity index (χ2v) is 6.62. The van der Waals surface area contributed by atoms with Crippen molar-refractivity contribution in [3.63, 3.8) is 0 Å². The molecule has 1 atom stereocenters. The molecular weight excluding hydrogens is 308 g/mol. The first-order chi connectivity index (χ1) is 7.18. The summed E-state index contributed by atoms with van der Waals surface area (Å²) >= 11 is 5.35. The average Bonchev–Trinajstić information content (AvgIpc) is 2.59. The summed E-state index contributed by atoms with van der Waals surface area (Å²) < 4.78 is 1.22. The van der Waals surface area contributed by atoms with Crippen LogP contribution in [-0.4, -0.2) is 13.1 Å². The van der Waals surface area contributed by atoms with Gasteiger partial charge in [0.05, 0.1) is 3.79 Å². The number of rotatable bonds is 2. The average molecular weight is 326 g/mol. The number of halogens is 2. The molecule has 1 saturated heterocycles. The lowest BCUT2D eigenvalue weighted by Gasteiger charge is -2.27. The Morgan fingerprint density at radius 3 is 2.62 bits per heavy atom. The number of thiophene rings is 1. The van der Waals surface area contributed by atoms with Crippen molar-refractivity contribution in [3.8, 4) is 0 Å². The lowest BCUT2D eigenvalue weighted by Crippen LogP contribution is -2.33. The van der Waals surface area contributed by atoms with E-state index in [0.717, 1.165) is 13.1 Å². The van der Waals surface area contributed by atoms with Gasteiger partial charge in [-0.1, -0.05) is 0 Å². The van der Waals surface area contributed by atoms with Crippen molar-refractivity contribution >= 4 is 39.7 Å². The van der Waals surface area contributed by atoms with Gasteiger partial charge in [-0.2, -0.15) is 0 Å². The SMILES string of the molecule is Cc1cc([C@H](N)C2CCNCC2)sc1Br.Cl. The molecule has 5 heteroatoms. The van der Waals surface area contributed by atoms with Gasteiger partial charge in [0.2, 0.25) is 0 Å². The van der Waals surface area contributed by atoms with Gasteiger partial charge < -0.3 is 11.1 Å². The number of aryl methyl sites for hydroxylation is 1. The Labute approximate surface area is 116 Å². The minimum absolute atomic E-state index is 0. The molecule has 3 N–H and O–H groups in total. The summed E-state index contributed by atoms with van der Waals surface area (Å²) in [6, 6.07) is 2.45. The summed E-state index contributed by atoms with van der Waals surface area (Å²) in [6.45, 7) is 4.35. The van der Waals surface area contributed by atoms with Gasteiger partial charge in [-0.05, 0) is 66.3 Å². The number of hydrogen-bond acceptors (Lipinski definition) is 3. The number of hydrogen-bond donors (Lipinski definition) is 2. The zero-order valence-corrected chi connectivity index (χ0v) is 12.6. The molecule has 92 valence electrons. The predicted molar refractivity (Wildman–Crippen MR) is 76.5 cm³/mol. The maximum absolute atomic E-state index is 6.31. The first-order valence-electron chi connectivity index (χ1n) is 5.40. The van der Waals surface area contributed by atoms with Crippen LogP contribution in [0.2, 0.25) is 0 Å². The highest BCUT2D eigenvalue weighted by molar-refractivity contribution is 9.11. The lowest BCUT2D eigenvalue weighted by atomic mass is 9.90. The van der Waals surface area contributed by atoms with Crippen LogP contribution in [0.3, 0.4) is 0 Å². The van der Waals surface area contributed by atoms with Gasteiger partial charge in [-0.15, -0.1) is 23.7 Å². The molecule has 0 radical (unpaired) electrons. The van der Waals surface area contributed by atoms with Crippen LogP contribution in [0.15, 0.2) is 9.85 Å². The smallest absolute Gasteiger partial charge is 0.0731 e. The molecule has 0 bridgehead atoms. The van der Waals surface area contributed by atoms with Crippen molar-refractivity contribution in [2.75, 3.05) is 13.1 Å². The van der Waals surface area contributed by atoms with Crippen LogP contribution in [0.5, 0.6) is 0 Å². The topological polar surface area (TPSA) is 38.0 Å². The molecule has 2 nitrogen and oxygen atoms in total. The summed E-state index contributed by atoms with van der Waals surface area (Å²) in [6.07, 6.45) is 2.41. The summed E-state index contributed by atoms with van der Waals surface area (Å²) in [7, 11) is 0. The van der Waals surface area contributed by atoms with E-state index < -0.39 is 0 Å². The van der Waals surface area contributed by atoms with E-state index in [-0.39, 0.29) is 18.4 Å². The maximum atomic E-state index is 6.31. The fourth-order valence-corrected chi connectivity index (χ4v) is 3.75. The Hall–Kier alpha value is 0.390. The second kappa shape index (κ2) is 6.36. The Kier molecular flexibility index (Phi) is 5.74. The van der Waals surface area contributed by atoms with Gasteiger partial charge >= 0.3 is 0 Å². The molecule has 0 amide bonds. The van der Waals surface area contributed by atoms with Crippen molar-refractivity contribution in [1.29, 1.82) is 0 Å². The van der Waals surface area contributed by atoms with Gasteiger partial charge in [0, 0.05) is 10.9 Å². The first-order valence-corrected chi connectivity index (χ1v) is 7.01. The van der Waals surface area contributed by atoms with Crippen LogP contribution in [0.25, 0.3) is 0 Å². The van der Waals surface area contributed by atoms with Crippen LogP contribution >= 0.6 is 39.7 Å². The Morgan fingerprint density at radius 1 is 1.50 bits per heavy atom. The summed E-state index contributed by atoms with van der Waals surface area (Å²) in [5.74, 6) is 0.649. The molecule has 2 rings (SSSR count). The highest BCUT2D eigenvalue weighted by Crippen LogP contribution is 2.35. The molecule has 0 aliphatic carbocycles. The van der Waals surface area contributed by atoms with Gasteiger partial charge in [0.1, 0.15) is 0 Å². The van der Waals surface area contributed by atoms with Gasteiger partial charge in [-0.3, -0.25) is 0 Å². The summed E-state index contributed by atoms with van der Waals surface area (Å²) in [5.41, 5.74) is 7.62. The van der Waals surface area contributed by atoms with E-state index in [4.69, 9.17) is 5.73 Å².